The molecule has 1 radical (unpaired) electrons. The van der Waals surface area contributed by atoms with Gasteiger partial charge < -0.3 is 9.97 Å². The van der Waals surface area contributed by atoms with E-state index in [-0.39, 0.29) is 25.5 Å². The van der Waals surface area contributed by atoms with Gasteiger partial charge in [-0.05, 0) is 63.9 Å². The van der Waals surface area contributed by atoms with Crippen LogP contribution in [0.25, 0.3) is 22.5 Å². The van der Waals surface area contributed by atoms with E-state index in [9.17, 15) is 0 Å². The molecule has 0 unspecified atom stereocenters. The third-order valence-electron chi connectivity index (χ3n) is 6.57. The summed E-state index contributed by atoms with van der Waals surface area (Å²) in [7, 11) is 0. The van der Waals surface area contributed by atoms with E-state index in [0.717, 1.165) is 22.5 Å². The molecule has 0 fully saturated rings. The first-order valence-corrected chi connectivity index (χ1v) is 14.0. The topological polar surface area (TPSA) is 25.8 Å². The number of hydrogen-bond acceptors (Lipinski definition) is 2. The molecule has 0 atom stereocenters. The second-order valence-corrected chi connectivity index (χ2v) is 10.9. The zero-order valence-electron chi connectivity index (χ0n) is 28.5. The van der Waals surface area contributed by atoms with E-state index in [2.05, 4.69) is 55.0 Å². The Bertz CT molecular complexity index is 1870. The second kappa shape index (κ2) is 15.3. The summed E-state index contributed by atoms with van der Waals surface area (Å²) < 4.78 is 33.9. The van der Waals surface area contributed by atoms with Crippen molar-refractivity contribution in [2.45, 2.75) is 38.9 Å². The minimum atomic E-state index is -1.57. The van der Waals surface area contributed by atoms with Gasteiger partial charge in [-0.15, -0.1) is 71.3 Å². The van der Waals surface area contributed by atoms with E-state index < -0.39 is 12.7 Å². The van der Waals surface area contributed by atoms with Gasteiger partial charge in [-0.3, -0.25) is 0 Å². The van der Waals surface area contributed by atoms with Gasteiger partial charge in [0.2, 0.25) is 0 Å². The van der Waals surface area contributed by atoms with E-state index in [4.69, 9.17) is 5.48 Å². The maximum Gasteiger partial charge on any atom is 0.0365 e. The SMILES string of the molecule is [2H]C([2H])(c1ccccc1)c1ccnc(-c2[c-]ccc(C(C)(C)C)c2)c1.[2H]C([2H])(c1ccccc1)c1ccnc(-c2[c-]cccc2)c1.[Ir]. The van der Waals surface area contributed by atoms with Crippen molar-refractivity contribution in [1.29, 1.82) is 0 Å². The molecule has 2 nitrogen and oxygen atoms in total. The predicted molar refractivity (Wildman–Crippen MR) is 174 cm³/mol. The van der Waals surface area contributed by atoms with E-state index in [1.54, 1.807) is 42.7 Å². The van der Waals surface area contributed by atoms with Gasteiger partial charge in [0.15, 0.2) is 0 Å². The fourth-order valence-corrected chi connectivity index (χ4v) is 4.32. The molecule has 4 aromatic carbocycles. The molecule has 0 aliphatic heterocycles. The Hall–Kier alpha value is -4.17. The maximum atomic E-state index is 8.54. The Kier molecular flexibility index (Phi) is 9.44. The van der Waals surface area contributed by atoms with Gasteiger partial charge >= 0.3 is 0 Å². The molecule has 0 aliphatic rings. The van der Waals surface area contributed by atoms with E-state index >= 15 is 0 Å². The van der Waals surface area contributed by atoms with Crippen LogP contribution < -0.4 is 0 Å². The summed E-state index contributed by atoms with van der Waals surface area (Å²) in [5.74, 6) is 0. The van der Waals surface area contributed by atoms with Gasteiger partial charge in [0.05, 0.1) is 0 Å². The Morgan fingerprint density at radius 1 is 0.558 bits per heavy atom. The average molecular weight is 741 g/mol. The molecule has 6 rings (SSSR count). The molecule has 0 spiro atoms. The molecule has 0 bridgehead atoms. The molecule has 43 heavy (non-hydrogen) atoms. The van der Waals surface area contributed by atoms with Crippen molar-refractivity contribution in [3.63, 3.8) is 0 Å². The molecule has 0 N–H and O–H groups in total. The van der Waals surface area contributed by atoms with Gasteiger partial charge in [-0.25, -0.2) is 0 Å². The molecule has 6 aromatic rings. The summed E-state index contributed by atoms with van der Waals surface area (Å²) in [5, 5.41) is 0. The van der Waals surface area contributed by atoms with Crippen LogP contribution in [0, 0.1) is 12.1 Å². The number of aromatic nitrogens is 2. The van der Waals surface area contributed by atoms with Crippen molar-refractivity contribution in [2.75, 3.05) is 0 Å². The summed E-state index contributed by atoms with van der Waals surface area (Å²) in [4.78, 5) is 8.76. The fraction of sp³-hybridized carbons (Fsp3) is 0.150. The third-order valence-corrected chi connectivity index (χ3v) is 6.57. The van der Waals surface area contributed by atoms with Crippen LogP contribution in [0.1, 0.15) is 54.1 Å². The molecule has 0 saturated heterocycles. The first-order chi connectivity index (χ1) is 22.0. The molecule has 0 saturated carbocycles. The van der Waals surface area contributed by atoms with Crippen molar-refractivity contribution in [2.24, 2.45) is 0 Å². The molecule has 2 aromatic heterocycles. The fourth-order valence-electron chi connectivity index (χ4n) is 4.32. The number of nitrogens with zero attached hydrogens (tertiary/aromatic N) is 2. The summed E-state index contributed by atoms with van der Waals surface area (Å²) >= 11 is 0. The van der Waals surface area contributed by atoms with Crippen LogP contribution in [0.2, 0.25) is 0 Å². The second-order valence-electron chi connectivity index (χ2n) is 10.9. The van der Waals surface area contributed by atoms with E-state index in [1.807, 2.05) is 84.9 Å². The summed E-state index contributed by atoms with van der Waals surface area (Å²) in [6, 6.07) is 45.5. The average Bonchev–Trinajstić information content (AvgIpc) is 3.09. The summed E-state index contributed by atoms with van der Waals surface area (Å²) in [6.07, 6.45) is 0.198. The van der Waals surface area contributed by atoms with Gasteiger partial charge in [0.1, 0.15) is 0 Å². The van der Waals surface area contributed by atoms with Crippen LogP contribution in [0.15, 0.2) is 140 Å². The molecule has 217 valence electrons. The van der Waals surface area contributed by atoms with Gasteiger partial charge in [-0.2, -0.15) is 0 Å². The molecule has 0 aliphatic carbocycles. The minimum absolute atomic E-state index is 0. The minimum Gasteiger partial charge on any atom is -0.305 e. The molecule has 3 heteroatoms. The van der Waals surface area contributed by atoms with Crippen molar-refractivity contribution in [1.82, 2.24) is 9.97 Å². The van der Waals surface area contributed by atoms with E-state index in [0.29, 0.717) is 22.3 Å². The Morgan fingerprint density at radius 3 is 1.58 bits per heavy atom. The van der Waals surface area contributed by atoms with Crippen molar-refractivity contribution < 1.29 is 25.6 Å². The van der Waals surface area contributed by atoms with Crippen molar-refractivity contribution >= 4 is 0 Å². The smallest absolute Gasteiger partial charge is 0.0365 e. The van der Waals surface area contributed by atoms with Crippen LogP contribution in [0.3, 0.4) is 0 Å². The first-order valence-electron chi connectivity index (χ1n) is 16.0. The number of pyridine rings is 2. The van der Waals surface area contributed by atoms with Gasteiger partial charge in [0, 0.05) is 38.0 Å². The van der Waals surface area contributed by atoms with Gasteiger partial charge in [-0.1, -0.05) is 93.6 Å². The first kappa shape index (κ1) is 26.5. The maximum absolute atomic E-state index is 8.54. The quantitative estimate of drug-likeness (QED) is 0.159. The number of hydrogen-bond donors (Lipinski definition) is 0. The van der Waals surface area contributed by atoms with Gasteiger partial charge in [0.25, 0.3) is 0 Å². The van der Waals surface area contributed by atoms with Crippen LogP contribution >= 0.6 is 0 Å². The van der Waals surface area contributed by atoms with Crippen LogP contribution in [0.5, 0.6) is 0 Å². The summed E-state index contributed by atoms with van der Waals surface area (Å²) in [5.41, 5.74) is 6.94. The van der Waals surface area contributed by atoms with E-state index in [1.165, 1.54) is 5.56 Å². The summed E-state index contributed by atoms with van der Waals surface area (Å²) in [6.45, 7) is 6.51. The normalized spacial score (nSPS) is 12.7. The van der Waals surface area contributed by atoms with Crippen molar-refractivity contribution in [3.8, 4) is 22.5 Å². The Balaban J connectivity index is 0.000000211. The van der Waals surface area contributed by atoms with Crippen LogP contribution in [-0.4, -0.2) is 9.97 Å². The van der Waals surface area contributed by atoms with Crippen LogP contribution in [0.4, 0.5) is 0 Å². The Labute approximate surface area is 275 Å². The standard InChI is InChI=1S/C22H22N.C18H14N.Ir/c1-22(2,3)20-11-7-10-19(16-20)21-15-18(12-13-23-21)14-17-8-5-4-6-9-17;1-3-7-15(8-4-1)13-16-11-12-19-18(14-16)17-9-5-2-6-10-17;/h4-9,11-13,15-16H,14H2,1-3H3;1-9,11-12,14H,13H2;/q2*-1;/i14D2;13D2;. The number of rotatable bonds is 6. The molecular weight excluding hydrogens is 701 g/mol. The number of benzene rings is 4. The zero-order chi connectivity index (χ0) is 32.8. The third kappa shape index (κ3) is 9.41. The monoisotopic (exact) mass is 741 g/mol. The molecular formula is C40H36IrN2-2. The van der Waals surface area contributed by atoms with Crippen LogP contribution in [-0.2, 0) is 38.3 Å². The molecule has 0 amide bonds. The zero-order valence-corrected chi connectivity index (χ0v) is 26.9. The molecule has 2 heterocycles. The van der Waals surface area contributed by atoms with Crippen molar-refractivity contribution in [3.05, 3.63) is 180 Å². The Morgan fingerprint density at radius 2 is 1.07 bits per heavy atom. The largest absolute Gasteiger partial charge is 0.305 e. The predicted octanol–water partition coefficient (Wildman–Crippen LogP) is 9.57.